The van der Waals surface area contributed by atoms with Crippen molar-refractivity contribution in [1.29, 1.82) is 0 Å². The molecule has 0 spiro atoms. The molecular formula is C31H32FN3O4. The van der Waals surface area contributed by atoms with E-state index in [9.17, 15) is 14.0 Å². The molecule has 0 aliphatic carbocycles. The first-order valence-corrected chi connectivity index (χ1v) is 13.0. The standard InChI is InChI=1S/C31H32FN3O4/c1-31(2,3)39-30(37)35-16-14-34(15-17-35)25-11-9-24(10-12-25)33-20-21-4-13-26-27(19-29(36)38-28(26)18-21)22-5-7-23(32)8-6-22/h4-13,18-19,33H,14-17,20H2,1-3H3. The second-order valence-electron chi connectivity index (χ2n) is 10.7. The van der Waals surface area contributed by atoms with Crippen molar-refractivity contribution in [3.05, 3.63) is 94.6 Å². The molecule has 1 saturated heterocycles. The molecule has 0 atom stereocenters. The smallest absolute Gasteiger partial charge is 0.410 e. The van der Waals surface area contributed by atoms with Crippen LogP contribution in [0.1, 0.15) is 26.3 Å². The number of carbonyl (C=O) groups is 1. The summed E-state index contributed by atoms with van der Waals surface area (Å²) in [6, 6.07) is 21.5. The lowest BCUT2D eigenvalue weighted by Crippen LogP contribution is -2.50. The summed E-state index contributed by atoms with van der Waals surface area (Å²) in [5, 5.41) is 4.21. The Hall–Kier alpha value is -4.33. The summed E-state index contributed by atoms with van der Waals surface area (Å²) >= 11 is 0. The molecule has 1 N–H and O–H groups in total. The maximum Gasteiger partial charge on any atom is 0.410 e. The van der Waals surface area contributed by atoms with E-state index in [1.165, 1.54) is 18.2 Å². The van der Waals surface area contributed by atoms with E-state index in [0.29, 0.717) is 30.8 Å². The number of nitrogens with zero attached hydrogens (tertiary/aromatic N) is 2. The molecule has 1 fully saturated rings. The molecule has 1 aliphatic rings. The summed E-state index contributed by atoms with van der Waals surface area (Å²) in [7, 11) is 0. The first-order valence-electron chi connectivity index (χ1n) is 13.0. The number of fused-ring (bicyclic) bond motifs is 1. The van der Waals surface area contributed by atoms with Crippen LogP contribution < -0.4 is 15.8 Å². The number of ether oxygens (including phenoxy) is 1. The van der Waals surface area contributed by atoms with Crippen molar-refractivity contribution in [2.24, 2.45) is 0 Å². The van der Waals surface area contributed by atoms with Gasteiger partial charge >= 0.3 is 11.7 Å². The molecule has 0 unspecified atom stereocenters. The minimum Gasteiger partial charge on any atom is -0.444 e. The van der Waals surface area contributed by atoms with Crippen molar-refractivity contribution < 1.29 is 18.3 Å². The predicted molar refractivity (Wildman–Crippen MR) is 152 cm³/mol. The third-order valence-corrected chi connectivity index (χ3v) is 6.62. The van der Waals surface area contributed by atoms with Crippen molar-refractivity contribution in [3.8, 4) is 11.1 Å². The number of halogens is 1. The molecule has 0 radical (unpaired) electrons. The maximum atomic E-state index is 13.4. The summed E-state index contributed by atoms with van der Waals surface area (Å²) < 4.78 is 24.3. The van der Waals surface area contributed by atoms with Gasteiger partial charge in [0.25, 0.3) is 0 Å². The minimum absolute atomic E-state index is 0.263. The molecule has 7 nitrogen and oxygen atoms in total. The zero-order valence-electron chi connectivity index (χ0n) is 22.4. The quantitative estimate of drug-likeness (QED) is 0.307. The zero-order chi connectivity index (χ0) is 27.6. The predicted octanol–water partition coefficient (Wildman–Crippen LogP) is 6.27. The summed E-state index contributed by atoms with van der Waals surface area (Å²) in [6.45, 7) is 8.91. The minimum atomic E-state index is -0.495. The molecule has 2 heterocycles. The average molecular weight is 530 g/mol. The molecule has 0 bridgehead atoms. The number of carbonyl (C=O) groups excluding carboxylic acids is 1. The van der Waals surface area contributed by atoms with Gasteiger partial charge < -0.3 is 24.3 Å². The summed E-state index contributed by atoms with van der Waals surface area (Å²) in [4.78, 5) is 28.5. The molecule has 39 heavy (non-hydrogen) atoms. The highest BCUT2D eigenvalue weighted by Crippen LogP contribution is 2.28. The summed E-state index contributed by atoms with van der Waals surface area (Å²) in [6.07, 6.45) is -0.263. The van der Waals surface area contributed by atoms with Gasteiger partial charge in [-0.05, 0) is 79.9 Å². The Kier molecular flexibility index (Phi) is 7.28. The van der Waals surface area contributed by atoms with Crippen LogP contribution in [-0.4, -0.2) is 42.8 Å². The second kappa shape index (κ2) is 10.8. The van der Waals surface area contributed by atoms with Crippen LogP contribution in [0.3, 0.4) is 0 Å². The third-order valence-electron chi connectivity index (χ3n) is 6.62. The third kappa shape index (κ3) is 6.39. The number of hydrogen-bond donors (Lipinski definition) is 1. The van der Waals surface area contributed by atoms with E-state index in [-0.39, 0.29) is 11.9 Å². The topological polar surface area (TPSA) is 75.0 Å². The lowest BCUT2D eigenvalue weighted by Gasteiger charge is -2.36. The Bertz CT molecular complexity index is 1520. The van der Waals surface area contributed by atoms with Crippen LogP contribution in [0.25, 0.3) is 22.1 Å². The highest BCUT2D eigenvalue weighted by Gasteiger charge is 2.26. The van der Waals surface area contributed by atoms with Gasteiger partial charge in [-0.25, -0.2) is 14.0 Å². The maximum absolute atomic E-state index is 13.4. The molecule has 202 valence electrons. The molecule has 8 heteroatoms. The van der Waals surface area contributed by atoms with E-state index in [4.69, 9.17) is 9.15 Å². The fraction of sp³-hybridized carbons (Fsp3) is 0.290. The molecule has 1 aromatic heterocycles. The van der Waals surface area contributed by atoms with Crippen LogP contribution in [0.4, 0.5) is 20.6 Å². The fourth-order valence-corrected chi connectivity index (χ4v) is 4.65. The van der Waals surface area contributed by atoms with Gasteiger partial charge in [-0.1, -0.05) is 24.3 Å². The monoisotopic (exact) mass is 529 g/mol. The van der Waals surface area contributed by atoms with Gasteiger partial charge in [-0.2, -0.15) is 0 Å². The number of nitrogens with one attached hydrogen (secondary N) is 1. The molecule has 4 aromatic rings. The Morgan fingerprint density at radius 3 is 2.31 bits per heavy atom. The van der Waals surface area contributed by atoms with Crippen molar-refractivity contribution in [3.63, 3.8) is 0 Å². The molecule has 1 aliphatic heterocycles. The number of rotatable bonds is 5. The van der Waals surface area contributed by atoms with Crippen molar-refractivity contribution >= 4 is 28.4 Å². The van der Waals surface area contributed by atoms with Crippen molar-refractivity contribution in [2.45, 2.75) is 32.9 Å². The van der Waals surface area contributed by atoms with Crippen LogP contribution in [0.5, 0.6) is 0 Å². The number of piperazine rings is 1. The van der Waals surface area contributed by atoms with Gasteiger partial charge in [0.1, 0.15) is 17.0 Å². The van der Waals surface area contributed by atoms with Crippen LogP contribution in [0.15, 0.2) is 82.0 Å². The first-order chi connectivity index (χ1) is 18.6. The van der Waals surface area contributed by atoms with E-state index in [1.807, 2.05) is 51.1 Å². The Balaban J connectivity index is 1.21. The first kappa shape index (κ1) is 26.3. The Morgan fingerprint density at radius 2 is 1.64 bits per heavy atom. The summed E-state index contributed by atoms with van der Waals surface area (Å²) in [5.41, 5.74) is 4.04. The number of amides is 1. The second-order valence-corrected chi connectivity index (χ2v) is 10.7. The SMILES string of the molecule is CC(C)(C)OC(=O)N1CCN(c2ccc(NCc3ccc4c(-c5ccc(F)cc5)cc(=O)oc4c3)cc2)CC1. The van der Waals surface area contributed by atoms with Crippen LogP contribution in [0.2, 0.25) is 0 Å². The van der Waals surface area contributed by atoms with Crippen molar-refractivity contribution in [1.82, 2.24) is 4.90 Å². The highest BCUT2D eigenvalue weighted by atomic mass is 19.1. The fourth-order valence-electron chi connectivity index (χ4n) is 4.65. The van der Waals surface area contributed by atoms with E-state index in [1.54, 1.807) is 17.0 Å². The van der Waals surface area contributed by atoms with Gasteiger partial charge in [0, 0.05) is 55.6 Å². The van der Waals surface area contributed by atoms with Gasteiger partial charge in [-0.3, -0.25) is 0 Å². The van der Waals surface area contributed by atoms with Gasteiger partial charge in [0.05, 0.1) is 0 Å². The van der Waals surface area contributed by atoms with Crippen molar-refractivity contribution in [2.75, 3.05) is 36.4 Å². The lowest BCUT2D eigenvalue weighted by molar-refractivity contribution is 0.0240. The molecular weight excluding hydrogens is 497 g/mol. The number of hydrogen-bond acceptors (Lipinski definition) is 6. The number of benzene rings is 3. The van der Waals surface area contributed by atoms with E-state index in [0.717, 1.165) is 41.0 Å². The van der Waals surface area contributed by atoms with E-state index in [2.05, 4.69) is 22.3 Å². The molecule has 0 saturated carbocycles. The normalized spacial score (nSPS) is 13.9. The van der Waals surface area contributed by atoms with Crippen LogP contribution in [-0.2, 0) is 11.3 Å². The van der Waals surface area contributed by atoms with Gasteiger partial charge in [0.15, 0.2) is 0 Å². The Morgan fingerprint density at radius 1 is 0.949 bits per heavy atom. The number of anilines is 2. The lowest BCUT2D eigenvalue weighted by atomic mass is 10.0. The Labute approximate surface area is 226 Å². The van der Waals surface area contributed by atoms with Gasteiger partial charge in [-0.15, -0.1) is 0 Å². The van der Waals surface area contributed by atoms with E-state index >= 15 is 0 Å². The molecule has 1 amide bonds. The zero-order valence-corrected chi connectivity index (χ0v) is 22.4. The molecule has 5 rings (SSSR count). The van der Waals surface area contributed by atoms with E-state index < -0.39 is 11.2 Å². The van der Waals surface area contributed by atoms with Gasteiger partial charge in [0.2, 0.25) is 0 Å². The summed E-state index contributed by atoms with van der Waals surface area (Å²) in [5.74, 6) is -0.326. The molecule has 3 aromatic carbocycles. The average Bonchev–Trinajstić information content (AvgIpc) is 2.91. The van der Waals surface area contributed by atoms with Crippen LogP contribution >= 0.6 is 0 Å². The largest absolute Gasteiger partial charge is 0.444 e. The van der Waals surface area contributed by atoms with Crippen LogP contribution in [0, 0.1) is 5.82 Å². The highest BCUT2D eigenvalue weighted by molar-refractivity contribution is 5.93.